The highest BCUT2D eigenvalue weighted by molar-refractivity contribution is 9.10. The molecule has 0 fully saturated rings. The van der Waals surface area contributed by atoms with Gasteiger partial charge in [-0.15, -0.1) is 0 Å². The molecule has 0 bridgehead atoms. The van der Waals surface area contributed by atoms with Crippen LogP contribution in [0.25, 0.3) is 0 Å². The van der Waals surface area contributed by atoms with E-state index in [0.29, 0.717) is 4.90 Å². The van der Waals surface area contributed by atoms with E-state index >= 15 is 0 Å². The molecule has 1 atom stereocenters. The van der Waals surface area contributed by atoms with Crippen LogP contribution in [0.3, 0.4) is 0 Å². The molecule has 0 saturated heterocycles. The van der Waals surface area contributed by atoms with E-state index in [-0.39, 0.29) is 6.04 Å². The topological polar surface area (TPSA) is 46.2 Å². The Morgan fingerprint density at radius 3 is 2.62 bits per heavy atom. The van der Waals surface area contributed by atoms with Gasteiger partial charge >= 0.3 is 0 Å². The second-order valence-corrected chi connectivity index (χ2v) is 6.44. The summed E-state index contributed by atoms with van der Waals surface area (Å²) in [6.45, 7) is 5.59. The first-order chi connectivity index (χ1) is 7.36. The summed E-state index contributed by atoms with van der Waals surface area (Å²) in [5, 5.41) is 0. The molecule has 1 aromatic rings. The number of hydrogen-bond acceptors (Lipinski definition) is 2. The lowest BCUT2D eigenvalue weighted by Crippen LogP contribution is -2.32. The zero-order valence-electron chi connectivity index (χ0n) is 9.62. The summed E-state index contributed by atoms with van der Waals surface area (Å²) in [5.74, 6) is 0. The van der Waals surface area contributed by atoms with E-state index in [4.69, 9.17) is 0 Å². The first-order valence-corrected chi connectivity index (χ1v) is 7.43. The van der Waals surface area contributed by atoms with Gasteiger partial charge < -0.3 is 0 Å². The van der Waals surface area contributed by atoms with Crippen LogP contribution in [0.4, 0.5) is 0 Å². The molecule has 1 unspecified atom stereocenters. The number of nitrogens with one attached hydrogen (secondary N) is 1. The van der Waals surface area contributed by atoms with Gasteiger partial charge in [0.1, 0.15) is 0 Å². The third-order valence-electron chi connectivity index (χ3n) is 2.41. The van der Waals surface area contributed by atoms with Gasteiger partial charge in [0.05, 0.1) is 4.90 Å². The third kappa shape index (κ3) is 3.30. The van der Waals surface area contributed by atoms with Gasteiger partial charge in [-0.3, -0.25) is 0 Å². The highest BCUT2D eigenvalue weighted by Gasteiger charge is 2.18. The summed E-state index contributed by atoms with van der Waals surface area (Å²) in [5.41, 5.74) is 0.749. The van der Waals surface area contributed by atoms with Gasteiger partial charge in [0.2, 0.25) is 10.0 Å². The van der Waals surface area contributed by atoms with Crippen LogP contribution in [0.1, 0.15) is 25.8 Å². The molecule has 16 heavy (non-hydrogen) atoms. The summed E-state index contributed by atoms with van der Waals surface area (Å²) in [7, 11) is -3.40. The molecule has 0 heterocycles. The van der Waals surface area contributed by atoms with Crippen LogP contribution < -0.4 is 4.72 Å². The minimum absolute atomic E-state index is 0.0524. The second kappa shape index (κ2) is 5.29. The average molecular weight is 306 g/mol. The maximum Gasteiger partial charge on any atom is 0.241 e. The molecule has 0 aromatic heterocycles. The lowest BCUT2D eigenvalue weighted by molar-refractivity contribution is 0.555. The Morgan fingerprint density at radius 1 is 1.44 bits per heavy atom. The highest BCUT2D eigenvalue weighted by atomic mass is 79.9. The Kier molecular flexibility index (Phi) is 4.52. The van der Waals surface area contributed by atoms with Crippen molar-refractivity contribution in [3.8, 4) is 0 Å². The normalized spacial score (nSPS) is 13.8. The average Bonchev–Trinajstić information content (AvgIpc) is 2.20. The summed E-state index contributed by atoms with van der Waals surface area (Å²) in [6.07, 6.45) is 0.770. The lowest BCUT2D eigenvalue weighted by Gasteiger charge is -2.13. The molecule has 0 spiro atoms. The molecule has 0 aliphatic heterocycles. The molecule has 0 aliphatic rings. The van der Waals surface area contributed by atoms with Crippen LogP contribution in [0, 0.1) is 6.92 Å². The fraction of sp³-hybridized carbons (Fsp3) is 0.455. The summed E-state index contributed by atoms with van der Waals surface area (Å²) >= 11 is 3.28. The van der Waals surface area contributed by atoms with Gasteiger partial charge in [0.15, 0.2) is 0 Å². The molecular weight excluding hydrogens is 290 g/mol. The van der Waals surface area contributed by atoms with E-state index in [1.54, 1.807) is 19.1 Å². The Labute approximate surface area is 105 Å². The van der Waals surface area contributed by atoms with Crippen LogP contribution in [0.15, 0.2) is 27.6 Å². The first-order valence-electron chi connectivity index (χ1n) is 5.15. The van der Waals surface area contributed by atoms with Crippen LogP contribution in [0.5, 0.6) is 0 Å². The molecule has 0 aliphatic carbocycles. The third-order valence-corrected chi connectivity index (χ3v) is 4.63. The van der Waals surface area contributed by atoms with Crippen molar-refractivity contribution in [2.24, 2.45) is 0 Å². The van der Waals surface area contributed by atoms with E-state index in [2.05, 4.69) is 20.7 Å². The number of hydrogen-bond donors (Lipinski definition) is 1. The predicted molar refractivity (Wildman–Crippen MR) is 69.0 cm³/mol. The van der Waals surface area contributed by atoms with E-state index in [1.807, 2.05) is 19.9 Å². The SMILES string of the molecule is CCC(C)NS(=O)(=O)c1cc(Br)ccc1C. The second-order valence-electron chi connectivity index (χ2n) is 3.84. The Hall–Kier alpha value is -0.390. The number of aryl methyl sites for hydroxylation is 1. The van der Waals surface area contributed by atoms with Crippen molar-refractivity contribution in [1.82, 2.24) is 4.72 Å². The van der Waals surface area contributed by atoms with Crippen molar-refractivity contribution >= 4 is 26.0 Å². The molecule has 3 nitrogen and oxygen atoms in total. The van der Waals surface area contributed by atoms with Gasteiger partial charge in [0, 0.05) is 10.5 Å². The molecular formula is C11H16BrNO2S. The molecule has 0 amide bonds. The molecule has 1 rings (SSSR count). The van der Waals surface area contributed by atoms with Gasteiger partial charge in [-0.25, -0.2) is 13.1 Å². The van der Waals surface area contributed by atoms with Crippen LogP contribution in [0.2, 0.25) is 0 Å². The van der Waals surface area contributed by atoms with Gasteiger partial charge in [-0.2, -0.15) is 0 Å². The molecule has 5 heteroatoms. The van der Waals surface area contributed by atoms with E-state index in [0.717, 1.165) is 16.5 Å². The number of benzene rings is 1. The van der Waals surface area contributed by atoms with Crippen LogP contribution in [-0.2, 0) is 10.0 Å². The Balaban J connectivity index is 3.12. The molecule has 0 radical (unpaired) electrons. The van der Waals surface area contributed by atoms with Crippen molar-refractivity contribution in [2.45, 2.75) is 38.1 Å². The minimum atomic E-state index is -3.40. The van der Waals surface area contributed by atoms with E-state index in [1.165, 1.54) is 0 Å². The zero-order chi connectivity index (χ0) is 12.3. The zero-order valence-corrected chi connectivity index (χ0v) is 12.0. The Morgan fingerprint density at radius 2 is 2.06 bits per heavy atom. The summed E-state index contributed by atoms with van der Waals surface area (Å²) in [4.78, 5) is 0.335. The van der Waals surface area contributed by atoms with Crippen LogP contribution in [-0.4, -0.2) is 14.5 Å². The van der Waals surface area contributed by atoms with Crippen molar-refractivity contribution in [2.75, 3.05) is 0 Å². The van der Waals surface area contributed by atoms with E-state index in [9.17, 15) is 8.42 Å². The fourth-order valence-corrected chi connectivity index (χ4v) is 3.39. The van der Waals surface area contributed by atoms with Crippen molar-refractivity contribution in [1.29, 1.82) is 0 Å². The van der Waals surface area contributed by atoms with Crippen molar-refractivity contribution < 1.29 is 8.42 Å². The number of rotatable bonds is 4. The number of sulfonamides is 1. The smallest absolute Gasteiger partial charge is 0.208 e. The summed E-state index contributed by atoms with van der Waals surface area (Å²) < 4.78 is 27.5. The predicted octanol–water partition coefficient (Wildman–Crippen LogP) is 2.83. The maximum absolute atomic E-state index is 12.0. The summed E-state index contributed by atoms with van der Waals surface area (Å²) in [6, 6.07) is 5.19. The Bertz CT molecular complexity index is 471. The molecule has 0 saturated carbocycles. The fourth-order valence-electron chi connectivity index (χ4n) is 1.28. The number of halogens is 1. The largest absolute Gasteiger partial charge is 0.241 e. The quantitative estimate of drug-likeness (QED) is 0.930. The molecule has 1 aromatic carbocycles. The molecule has 1 N–H and O–H groups in total. The van der Waals surface area contributed by atoms with E-state index < -0.39 is 10.0 Å². The van der Waals surface area contributed by atoms with Crippen LogP contribution >= 0.6 is 15.9 Å². The highest BCUT2D eigenvalue weighted by Crippen LogP contribution is 2.20. The van der Waals surface area contributed by atoms with Gasteiger partial charge in [-0.05, 0) is 38.0 Å². The standard InChI is InChI=1S/C11H16BrNO2S/c1-4-9(3)13-16(14,15)11-7-10(12)6-5-8(11)2/h5-7,9,13H,4H2,1-3H3. The lowest BCUT2D eigenvalue weighted by atomic mass is 10.2. The minimum Gasteiger partial charge on any atom is -0.208 e. The monoisotopic (exact) mass is 305 g/mol. The van der Waals surface area contributed by atoms with Crippen molar-refractivity contribution in [3.63, 3.8) is 0 Å². The van der Waals surface area contributed by atoms with Gasteiger partial charge in [-0.1, -0.05) is 28.9 Å². The van der Waals surface area contributed by atoms with Gasteiger partial charge in [0.25, 0.3) is 0 Å². The molecule has 90 valence electrons. The van der Waals surface area contributed by atoms with Crippen molar-refractivity contribution in [3.05, 3.63) is 28.2 Å². The first kappa shape index (κ1) is 13.7. The maximum atomic E-state index is 12.0.